The first-order valence-electron chi connectivity index (χ1n) is 5.77. The number of fused-ring (bicyclic) bond motifs is 1. The predicted octanol–water partition coefficient (Wildman–Crippen LogP) is 3.68. The Balaban J connectivity index is 2.04. The highest BCUT2D eigenvalue weighted by Gasteiger charge is 2.06. The van der Waals surface area contributed by atoms with E-state index in [0.29, 0.717) is 22.3 Å². The highest BCUT2D eigenvalue weighted by atomic mass is 19.1. The summed E-state index contributed by atoms with van der Waals surface area (Å²) in [6.45, 7) is 0. The molecule has 0 aliphatic rings. The minimum Gasteiger partial charge on any atom is -0.462 e. The molecular weight excluding hydrogens is 245 g/mol. The van der Waals surface area contributed by atoms with Gasteiger partial charge in [-0.1, -0.05) is 12.1 Å². The molecule has 0 saturated heterocycles. The Hall–Kier alpha value is -2.62. The van der Waals surface area contributed by atoms with E-state index in [1.807, 2.05) is 0 Å². The van der Waals surface area contributed by atoms with E-state index in [-0.39, 0.29) is 11.2 Å². The number of benzene rings is 2. The molecule has 3 rings (SSSR count). The van der Waals surface area contributed by atoms with Crippen LogP contribution >= 0.6 is 0 Å². The van der Waals surface area contributed by atoms with Crippen LogP contribution in [0.25, 0.3) is 11.0 Å². The zero-order valence-corrected chi connectivity index (χ0v) is 9.89. The van der Waals surface area contributed by atoms with Gasteiger partial charge >= 0.3 is 0 Å². The first-order valence-corrected chi connectivity index (χ1v) is 5.77. The Kier molecular flexibility index (Phi) is 2.76. The van der Waals surface area contributed by atoms with Crippen molar-refractivity contribution in [3.05, 3.63) is 70.8 Å². The maximum atomic E-state index is 12.8. The number of anilines is 2. The van der Waals surface area contributed by atoms with Crippen molar-refractivity contribution in [2.75, 3.05) is 5.32 Å². The molecule has 0 saturated carbocycles. The number of nitrogens with one attached hydrogen (secondary N) is 1. The summed E-state index contributed by atoms with van der Waals surface area (Å²) in [4.78, 5) is 12.2. The highest BCUT2D eigenvalue weighted by molar-refractivity contribution is 5.80. The number of halogens is 1. The van der Waals surface area contributed by atoms with E-state index in [0.717, 1.165) is 0 Å². The molecular formula is C15H10FNO2. The van der Waals surface area contributed by atoms with Gasteiger partial charge in [-0.3, -0.25) is 4.79 Å². The Morgan fingerprint density at radius 3 is 2.53 bits per heavy atom. The molecule has 3 aromatic rings. The fourth-order valence-electron chi connectivity index (χ4n) is 1.85. The van der Waals surface area contributed by atoms with E-state index in [9.17, 15) is 9.18 Å². The summed E-state index contributed by atoms with van der Waals surface area (Å²) in [5.41, 5.74) is 1.35. The van der Waals surface area contributed by atoms with Crippen LogP contribution in [0.15, 0.2) is 64.0 Å². The third kappa shape index (κ3) is 2.20. The Morgan fingerprint density at radius 1 is 1.00 bits per heavy atom. The van der Waals surface area contributed by atoms with Crippen LogP contribution in [0.5, 0.6) is 0 Å². The average Bonchev–Trinajstić information content (AvgIpc) is 2.45. The third-order valence-corrected chi connectivity index (χ3v) is 2.80. The molecule has 0 spiro atoms. The monoisotopic (exact) mass is 255 g/mol. The predicted molar refractivity (Wildman–Crippen MR) is 72.2 cm³/mol. The molecule has 0 fully saturated rings. The van der Waals surface area contributed by atoms with Gasteiger partial charge in [0.2, 0.25) is 5.43 Å². The lowest BCUT2D eigenvalue weighted by molar-refractivity contribution is 0.605. The lowest BCUT2D eigenvalue weighted by atomic mass is 10.2. The summed E-state index contributed by atoms with van der Waals surface area (Å²) < 4.78 is 18.2. The second-order valence-corrected chi connectivity index (χ2v) is 4.11. The molecule has 1 aromatic heterocycles. The molecule has 3 nitrogen and oxygen atoms in total. The molecule has 4 heteroatoms. The molecule has 19 heavy (non-hydrogen) atoms. The Bertz CT molecular complexity index is 778. The van der Waals surface area contributed by atoms with Crippen LogP contribution in [0.1, 0.15) is 0 Å². The number of para-hydroxylation sites is 1. The molecule has 0 atom stereocenters. The summed E-state index contributed by atoms with van der Waals surface area (Å²) in [6.07, 6.45) is 1.37. The van der Waals surface area contributed by atoms with Crippen LogP contribution in [0.4, 0.5) is 15.8 Å². The smallest absolute Gasteiger partial charge is 0.216 e. The maximum absolute atomic E-state index is 12.8. The summed E-state index contributed by atoms with van der Waals surface area (Å²) in [5.74, 6) is -0.323. The van der Waals surface area contributed by atoms with Crippen LogP contribution in [0, 0.1) is 5.82 Å². The van der Waals surface area contributed by atoms with Crippen LogP contribution in [-0.2, 0) is 0 Å². The quantitative estimate of drug-likeness (QED) is 0.759. The topological polar surface area (TPSA) is 42.2 Å². The molecule has 0 amide bonds. The van der Waals surface area contributed by atoms with Gasteiger partial charge in [0.15, 0.2) is 0 Å². The van der Waals surface area contributed by atoms with Crippen molar-refractivity contribution in [2.24, 2.45) is 0 Å². The summed E-state index contributed by atoms with van der Waals surface area (Å²) in [5, 5.41) is 3.43. The molecule has 0 bridgehead atoms. The largest absolute Gasteiger partial charge is 0.462 e. The zero-order valence-electron chi connectivity index (χ0n) is 9.89. The molecule has 1 heterocycles. The SMILES string of the molecule is O=c1c(Nc2ccc(F)cc2)coc2ccccc12. The fourth-order valence-corrected chi connectivity index (χ4v) is 1.85. The second kappa shape index (κ2) is 4.57. The zero-order chi connectivity index (χ0) is 13.2. The van der Waals surface area contributed by atoms with Crippen LogP contribution in [-0.4, -0.2) is 0 Å². The lowest BCUT2D eigenvalue weighted by Crippen LogP contribution is -2.07. The van der Waals surface area contributed by atoms with Gasteiger partial charge in [-0.15, -0.1) is 0 Å². The number of hydrogen-bond donors (Lipinski definition) is 1. The van der Waals surface area contributed by atoms with E-state index in [2.05, 4.69) is 5.32 Å². The van der Waals surface area contributed by atoms with E-state index >= 15 is 0 Å². The van der Waals surface area contributed by atoms with Gasteiger partial charge in [0, 0.05) is 5.69 Å². The van der Waals surface area contributed by atoms with Crippen molar-refractivity contribution in [3.8, 4) is 0 Å². The third-order valence-electron chi connectivity index (χ3n) is 2.80. The molecule has 0 aliphatic carbocycles. The maximum Gasteiger partial charge on any atom is 0.216 e. The summed E-state index contributed by atoms with van der Waals surface area (Å²) in [6, 6.07) is 12.8. The first-order chi connectivity index (χ1) is 9.24. The van der Waals surface area contributed by atoms with Crippen LogP contribution in [0.2, 0.25) is 0 Å². The summed E-state index contributed by atoms with van der Waals surface area (Å²) in [7, 11) is 0. The first kappa shape index (κ1) is 11.5. The number of rotatable bonds is 2. The van der Waals surface area contributed by atoms with Crippen LogP contribution < -0.4 is 10.7 Å². The minimum atomic E-state index is -0.323. The minimum absolute atomic E-state index is 0.147. The normalized spacial score (nSPS) is 10.6. The highest BCUT2D eigenvalue weighted by Crippen LogP contribution is 2.17. The number of hydrogen-bond acceptors (Lipinski definition) is 3. The van der Waals surface area contributed by atoms with E-state index in [1.54, 1.807) is 36.4 Å². The molecule has 1 N–H and O–H groups in total. The fraction of sp³-hybridized carbons (Fsp3) is 0. The average molecular weight is 255 g/mol. The van der Waals surface area contributed by atoms with Crippen molar-refractivity contribution >= 4 is 22.3 Å². The molecule has 2 aromatic carbocycles. The molecule has 0 unspecified atom stereocenters. The van der Waals surface area contributed by atoms with Gasteiger partial charge in [-0.05, 0) is 36.4 Å². The van der Waals surface area contributed by atoms with Crippen molar-refractivity contribution in [2.45, 2.75) is 0 Å². The second-order valence-electron chi connectivity index (χ2n) is 4.11. The van der Waals surface area contributed by atoms with Crippen molar-refractivity contribution in [3.63, 3.8) is 0 Å². The van der Waals surface area contributed by atoms with Crippen molar-refractivity contribution in [1.29, 1.82) is 0 Å². The standard InChI is InChI=1S/C15H10FNO2/c16-10-5-7-11(8-6-10)17-13-9-19-14-4-2-1-3-12(14)15(13)18/h1-9,17H. The van der Waals surface area contributed by atoms with Gasteiger partial charge < -0.3 is 9.73 Å². The van der Waals surface area contributed by atoms with Gasteiger partial charge in [-0.2, -0.15) is 0 Å². The van der Waals surface area contributed by atoms with Gasteiger partial charge in [0.05, 0.1) is 5.39 Å². The van der Waals surface area contributed by atoms with E-state index in [4.69, 9.17) is 4.42 Å². The van der Waals surface area contributed by atoms with Gasteiger partial charge in [0.25, 0.3) is 0 Å². The lowest BCUT2D eigenvalue weighted by Gasteiger charge is -2.05. The Morgan fingerprint density at radius 2 is 1.74 bits per heavy atom. The summed E-state index contributed by atoms with van der Waals surface area (Å²) >= 11 is 0. The van der Waals surface area contributed by atoms with Crippen LogP contribution in [0.3, 0.4) is 0 Å². The molecule has 0 radical (unpaired) electrons. The van der Waals surface area contributed by atoms with Gasteiger partial charge in [-0.25, -0.2) is 4.39 Å². The Labute approximate surface area is 108 Å². The van der Waals surface area contributed by atoms with E-state index in [1.165, 1.54) is 18.4 Å². The van der Waals surface area contributed by atoms with Crippen molar-refractivity contribution in [1.82, 2.24) is 0 Å². The van der Waals surface area contributed by atoms with Crippen molar-refractivity contribution < 1.29 is 8.81 Å². The molecule has 0 aliphatic heterocycles. The van der Waals surface area contributed by atoms with E-state index < -0.39 is 0 Å². The molecule has 94 valence electrons. The van der Waals surface area contributed by atoms with Gasteiger partial charge in [0.1, 0.15) is 23.4 Å².